The van der Waals surface area contributed by atoms with Crippen LogP contribution < -0.4 is 0 Å². The highest BCUT2D eigenvalue weighted by Crippen LogP contribution is 2.47. The zero-order valence-corrected chi connectivity index (χ0v) is 45.3. The van der Waals surface area contributed by atoms with Crippen molar-refractivity contribution in [2.45, 2.75) is 236 Å². The van der Waals surface area contributed by atoms with Gasteiger partial charge in [-0.3, -0.25) is 13.8 Å². The molecule has 0 aromatic rings. The second-order valence-electron chi connectivity index (χ2n) is 18.7. The van der Waals surface area contributed by atoms with E-state index in [-0.39, 0.29) is 13.0 Å². The summed E-state index contributed by atoms with van der Waals surface area (Å²) in [4.78, 5) is 23.3. The molecule has 1 aliphatic rings. The highest BCUT2D eigenvalue weighted by molar-refractivity contribution is 7.47. The summed E-state index contributed by atoms with van der Waals surface area (Å²) in [6.45, 7) is 4.05. The predicted octanol–water partition coefficient (Wildman–Crippen LogP) is 13.2. The van der Waals surface area contributed by atoms with Crippen LogP contribution in [-0.4, -0.2) is 98.9 Å². The highest BCUT2D eigenvalue weighted by atomic mass is 31.2. The lowest BCUT2D eigenvalue weighted by atomic mass is 9.85. The summed E-state index contributed by atoms with van der Waals surface area (Å²) in [6.07, 6.45) is 55.8. The number of unbranched alkanes of at least 4 members (excludes halogenated alkanes) is 16. The average Bonchev–Trinajstić information content (AvgIpc) is 3.37. The molecule has 1 aliphatic carbocycles. The molecule has 412 valence electrons. The third-order valence-corrected chi connectivity index (χ3v) is 13.1. The van der Waals surface area contributed by atoms with Gasteiger partial charge in [0.2, 0.25) is 0 Å². The summed E-state index contributed by atoms with van der Waals surface area (Å²) >= 11 is 0. The van der Waals surface area contributed by atoms with Crippen LogP contribution >= 0.6 is 7.82 Å². The van der Waals surface area contributed by atoms with E-state index < -0.39 is 63.1 Å². The van der Waals surface area contributed by atoms with Crippen LogP contribution in [0.15, 0.2) is 109 Å². The normalized spacial score (nSPS) is 21.5. The van der Waals surface area contributed by atoms with Crippen molar-refractivity contribution < 1.29 is 58.3 Å². The zero-order valence-electron chi connectivity index (χ0n) is 44.4. The Bertz CT molecular complexity index is 1600. The molecule has 1 saturated carbocycles. The lowest BCUT2D eigenvalue weighted by Gasteiger charge is -2.41. The second-order valence-corrected chi connectivity index (χ2v) is 20.1. The zero-order chi connectivity index (χ0) is 52.6. The van der Waals surface area contributed by atoms with Crippen LogP contribution in [0.3, 0.4) is 0 Å². The second kappa shape index (κ2) is 47.7. The molecule has 6 N–H and O–H groups in total. The molecule has 0 aromatic heterocycles. The minimum absolute atomic E-state index is 0.110. The first-order valence-corrected chi connectivity index (χ1v) is 29.2. The number of esters is 1. The van der Waals surface area contributed by atoms with Gasteiger partial charge in [0.05, 0.1) is 13.2 Å². The Morgan fingerprint density at radius 2 is 0.819 bits per heavy atom. The first-order chi connectivity index (χ1) is 35.0. The number of hydrogen-bond donors (Lipinski definition) is 6. The van der Waals surface area contributed by atoms with Gasteiger partial charge < -0.3 is 39.9 Å². The Hall–Kier alpha value is -3.00. The summed E-state index contributed by atoms with van der Waals surface area (Å²) < 4.78 is 34.3. The Labute approximate surface area is 436 Å². The quantitative estimate of drug-likeness (QED) is 0.0147. The molecule has 0 aromatic carbocycles. The van der Waals surface area contributed by atoms with E-state index in [0.29, 0.717) is 13.0 Å². The van der Waals surface area contributed by atoms with Crippen LogP contribution in [-0.2, 0) is 27.9 Å². The van der Waals surface area contributed by atoms with Gasteiger partial charge >= 0.3 is 13.8 Å². The van der Waals surface area contributed by atoms with E-state index in [0.717, 1.165) is 109 Å². The summed E-state index contributed by atoms with van der Waals surface area (Å²) in [5.74, 6) is -0.500. The Balaban J connectivity index is 2.36. The van der Waals surface area contributed by atoms with Crippen molar-refractivity contribution in [3.05, 3.63) is 109 Å². The number of aliphatic hydroxyl groups excluding tert-OH is 5. The molecule has 13 heteroatoms. The van der Waals surface area contributed by atoms with Gasteiger partial charge in [0.15, 0.2) is 0 Å². The first kappa shape index (κ1) is 67.0. The standard InChI is InChI=1S/C59H99O12P/c1-3-5-7-9-11-13-15-17-19-21-23-25-27-28-30-32-34-36-38-40-42-44-46-48-53(60)70-52(51-69-72(66,67)71-59-57(64)55(62)54(61)56(63)58(59)65)50-68-49-47-45-43-41-39-37-35-33-31-29-26-24-22-20-18-16-14-12-10-8-6-4-2/h6,8,12,14-15,17-18,20-21,23-24,26-28,31,33,37,39,52,54-59,61-65H,3-5,7,9-11,13,16,19,22,25,29-30,32,34-36,38,40-51H2,1-2H3,(H,66,67)/b8-6-,14-12-,17-15-,20-18-,23-21-,26-24-,28-27-,33-31-,39-37-. The maximum atomic E-state index is 12.9. The molecule has 12 nitrogen and oxygen atoms in total. The lowest BCUT2D eigenvalue weighted by molar-refractivity contribution is -0.220. The smallest absolute Gasteiger partial charge is 0.457 e. The number of rotatable bonds is 46. The fourth-order valence-corrected chi connectivity index (χ4v) is 8.75. The van der Waals surface area contributed by atoms with Gasteiger partial charge in [0.25, 0.3) is 0 Å². The average molecular weight is 1030 g/mol. The van der Waals surface area contributed by atoms with E-state index >= 15 is 0 Å². The van der Waals surface area contributed by atoms with E-state index in [1.54, 1.807) is 0 Å². The summed E-state index contributed by atoms with van der Waals surface area (Å²) in [5.41, 5.74) is 0. The first-order valence-electron chi connectivity index (χ1n) is 27.7. The van der Waals surface area contributed by atoms with Gasteiger partial charge in [0, 0.05) is 13.0 Å². The van der Waals surface area contributed by atoms with Crippen LogP contribution in [0.2, 0.25) is 0 Å². The number of ether oxygens (including phenoxy) is 2. The van der Waals surface area contributed by atoms with E-state index in [9.17, 15) is 39.8 Å². The van der Waals surface area contributed by atoms with Crippen molar-refractivity contribution in [1.29, 1.82) is 0 Å². The highest BCUT2D eigenvalue weighted by Gasteiger charge is 2.51. The molecule has 0 amide bonds. The van der Waals surface area contributed by atoms with Crippen LogP contribution in [0.1, 0.15) is 194 Å². The van der Waals surface area contributed by atoms with Gasteiger partial charge in [-0.15, -0.1) is 0 Å². The number of hydrogen-bond acceptors (Lipinski definition) is 11. The van der Waals surface area contributed by atoms with Gasteiger partial charge in [-0.2, -0.15) is 0 Å². The largest absolute Gasteiger partial charge is 0.472 e. The number of carbonyl (C=O) groups is 1. The van der Waals surface area contributed by atoms with Gasteiger partial charge in [-0.05, 0) is 103 Å². The van der Waals surface area contributed by atoms with Crippen molar-refractivity contribution in [3.63, 3.8) is 0 Å². The third-order valence-electron chi connectivity index (χ3n) is 12.1. The van der Waals surface area contributed by atoms with Crippen molar-refractivity contribution >= 4 is 13.8 Å². The van der Waals surface area contributed by atoms with Crippen molar-refractivity contribution in [1.82, 2.24) is 0 Å². The van der Waals surface area contributed by atoms with Crippen molar-refractivity contribution in [3.8, 4) is 0 Å². The van der Waals surface area contributed by atoms with Crippen LogP contribution in [0, 0.1) is 0 Å². The minimum atomic E-state index is -5.05. The number of allylic oxidation sites excluding steroid dienone is 18. The van der Waals surface area contributed by atoms with Gasteiger partial charge in [0.1, 0.15) is 42.7 Å². The molecule has 6 atom stereocenters. The molecule has 0 radical (unpaired) electrons. The molecule has 1 rings (SSSR count). The maximum Gasteiger partial charge on any atom is 0.472 e. The molecule has 6 unspecified atom stereocenters. The van der Waals surface area contributed by atoms with Crippen LogP contribution in [0.5, 0.6) is 0 Å². The molecule has 0 heterocycles. The molecular weight excluding hydrogens is 932 g/mol. The third kappa shape index (κ3) is 38.6. The molecule has 0 spiro atoms. The molecule has 0 saturated heterocycles. The van der Waals surface area contributed by atoms with E-state index in [2.05, 4.69) is 123 Å². The fraction of sp³-hybridized carbons (Fsp3) is 0.678. The van der Waals surface area contributed by atoms with Crippen LogP contribution in [0.25, 0.3) is 0 Å². The van der Waals surface area contributed by atoms with E-state index in [4.69, 9.17) is 18.5 Å². The number of phosphoric ester groups is 1. The monoisotopic (exact) mass is 1030 g/mol. The van der Waals surface area contributed by atoms with Crippen molar-refractivity contribution in [2.24, 2.45) is 0 Å². The molecular formula is C59H99O12P. The SMILES string of the molecule is CC/C=C\C/C=C\C/C=C\C/C=C\C/C=C\C/C=C\CCCCCOCC(COP(=O)(O)OC1C(O)C(O)C(O)C(O)C1O)OC(=O)CCCCCCCCCC/C=C\C/C=C\C/C=C\CCCCCCC. The Kier molecular flexibility index (Phi) is 44.4. The topological polar surface area (TPSA) is 192 Å². The minimum Gasteiger partial charge on any atom is -0.457 e. The van der Waals surface area contributed by atoms with Gasteiger partial charge in [-0.1, -0.05) is 194 Å². The summed E-state index contributed by atoms with van der Waals surface area (Å²) in [6, 6.07) is 0. The van der Waals surface area contributed by atoms with Crippen LogP contribution in [0.4, 0.5) is 0 Å². The van der Waals surface area contributed by atoms with Crippen molar-refractivity contribution in [2.75, 3.05) is 19.8 Å². The number of aliphatic hydroxyl groups is 5. The lowest BCUT2D eigenvalue weighted by Crippen LogP contribution is -2.64. The molecule has 1 fully saturated rings. The molecule has 72 heavy (non-hydrogen) atoms. The fourth-order valence-electron chi connectivity index (χ4n) is 7.78. The molecule has 0 aliphatic heterocycles. The maximum absolute atomic E-state index is 12.9. The number of phosphoric acid groups is 1. The Morgan fingerprint density at radius 1 is 0.458 bits per heavy atom. The summed E-state index contributed by atoms with van der Waals surface area (Å²) in [7, 11) is -5.05. The van der Waals surface area contributed by atoms with E-state index in [1.165, 1.54) is 57.8 Å². The Morgan fingerprint density at radius 3 is 1.25 bits per heavy atom. The number of carbonyl (C=O) groups excluding carboxylic acids is 1. The van der Waals surface area contributed by atoms with E-state index in [1.807, 2.05) is 0 Å². The molecule has 0 bridgehead atoms. The summed E-state index contributed by atoms with van der Waals surface area (Å²) in [5, 5.41) is 50.4. The van der Waals surface area contributed by atoms with Gasteiger partial charge in [-0.25, -0.2) is 4.57 Å². The predicted molar refractivity (Wildman–Crippen MR) is 294 cm³/mol.